The Balaban J connectivity index is 2.08. The first-order valence-electron chi connectivity index (χ1n) is 6.25. The lowest BCUT2D eigenvalue weighted by molar-refractivity contribution is -0.125. The molecule has 4 heteroatoms. The molecule has 0 aliphatic heterocycles. The molecule has 0 bridgehead atoms. The van der Waals surface area contributed by atoms with Gasteiger partial charge in [0, 0.05) is 0 Å². The highest BCUT2D eigenvalue weighted by atomic mass is 19.4. The maximum atomic E-state index is 11.9. The average Bonchev–Trinajstić information content (AvgIpc) is 2.17. The van der Waals surface area contributed by atoms with E-state index in [1.54, 1.807) is 0 Å². The topological polar surface area (TPSA) is 12.0 Å². The Morgan fingerprint density at radius 3 is 2.38 bits per heavy atom. The molecule has 96 valence electrons. The van der Waals surface area contributed by atoms with Gasteiger partial charge in [0.25, 0.3) is 0 Å². The molecule has 1 N–H and O–H groups in total. The van der Waals surface area contributed by atoms with Gasteiger partial charge in [-0.2, -0.15) is 13.2 Å². The summed E-state index contributed by atoms with van der Waals surface area (Å²) in [7, 11) is 0. The van der Waals surface area contributed by atoms with Crippen LogP contribution in [0.1, 0.15) is 45.4 Å². The molecule has 0 saturated heterocycles. The highest BCUT2D eigenvalue weighted by Crippen LogP contribution is 2.28. The molecule has 1 unspecified atom stereocenters. The van der Waals surface area contributed by atoms with Crippen LogP contribution in [0.15, 0.2) is 0 Å². The predicted octanol–water partition coefficient (Wildman–Crippen LogP) is 3.74. The van der Waals surface area contributed by atoms with Gasteiger partial charge in [-0.15, -0.1) is 0 Å². The first-order chi connectivity index (χ1) is 7.47. The predicted molar refractivity (Wildman–Crippen MR) is 59.3 cm³/mol. The van der Waals surface area contributed by atoms with Gasteiger partial charge in [0.05, 0.1) is 6.54 Å². The van der Waals surface area contributed by atoms with Crippen LogP contribution in [0, 0.1) is 11.8 Å². The Labute approximate surface area is 95.8 Å². The first-order valence-corrected chi connectivity index (χ1v) is 6.25. The lowest BCUT2D eigenvalue weighted by Gasteiger charge is -2.24. The maximum Gasteiger partial charge on any atom is 0.401 e. The second-order valence-corrected chi connectivity index (χ2v) is 5.09. The molecule has 0 aromatic rings. The van der Waals surface area contributed by atoms with Crippen molar-refractivity contribution in [1.29, 1.82) is 0 Å². The molecular weight excluding hydrogens is 215 g/mol. The molecule has 1 rings (SSSR count). The molecule has 0 amide bonds. The fraction of sp³-hybridized carbons (Fsp3) is 1.00. The third kappa shape index (κ3) is 6.36. The van der Waals surface area contributed by atoms with Gasteiger partial charge in [-0.1, -0.05) is 39.0 Å². The van der Waals surface area contributed by atoms with Crippen LogP contribution < -0.4 is 5.32 Å². The summed E-state index contributed by atoms with van der Waals surface area (Å²) in [6.45, 7) is 1.66. The highest BCUT2D eigenvalue weighted by Gasteiger charge is 2.26. The van der Waals surface area contributed by atoms with Crippen molar-refractivity contribution in [3.63, 3.8) is 0 Å². The maximum absolute atomic E-state index is 11.9. The minimum atomic E-state index is -4.08. The van der Waals surface area contributed by atoms with E-state index >= 15 is 0 Å². The summed E-state index contributed by atoms with van der Waals surface area (Å²) in [6.07, 6.45) is 3.46. The normalized spacial score (nSPS) is 21.0. The molecular formula is C12H22F3N. The number of nitrogens with one attached hydrogen (secondary N) is 1. The highest BCUT2D eigenvalue weighted by molar-refractivity contribution is 4.70. The van der Waals surface area contributed by atoms with Gasteiger partial charge in [-0.05, 0) is 24.8 Å². The lowest BCUT2D eigenvalue weighted by Crippen LogP contribution is -2.32. The number of hydrogen-bond donors (Lipinski definition) is 1. The van der Waals surface area contributed by atoms with Crippen LogP contribution in [-0.4, -0.2) is 19.3 Å². The number of halogens is 3. The van der Waals surface area contributed by atoms with Crippen molar-refractivity contribution in [2.45, 2.75) is 51.6 Å². The second kappa shape index (κ2) is 6.48. The van der Waals surface area contributed by atoms with E-state index in [1.807, 2.05) is 6.92 Å². The van der Waals surface area contributed by atoms with Crippen molar-refractivity contribution in [3.05, 3.63) is 0 Å². The van der Waals surface area contributed by atoms with E-state index in [2.05, 4.69) is 5.32 Å². The van der Waals surface area contributed by atoms with Crippen molar-refractivity contribution in [2.75, 3.05) is 13.1 Å². The summed E-state index contributed by atoms with van der Waals surface area (Å²) in [4.78, 5) is 0. The molecule has 1 aliphatic rings. The van der Waals surface area contributed by atoms with E-state index in [-0.39, 0.29) is 0 Å². The lowest BCUT2D eigenvalue weighted by atomic mass is 9.83. The zero-order valence-electron chi connectivity index (χ0n) is 9.95. The zero-order valence-corrected chi connectivity index (χ0v) is 9.95. The molecule has 0 aromatic carbocycles. The molecule has 1 nitrogen and oxygen atoms in total. The van der Waals surface area contributed by atoms with Crippen molar-refractivity contribution < 1.29 is 13.2 Å². The molecule has 16 heavy (non-hydrogen) atoms. The van der Waals surface area contributed by atoms with Gasteiger partial charge in [-0.3, -0.25) is 0 Å². The molecule has 0 aromatic heterocycles. The van der Waals surface area contributed by atoms with Crippen LogP contribution in [-0.2, 0) is 0 Å². The van der Waals surface area contributed by atoms with E-state index in [0.717, 1.165) is 12.3 Å². The Morgan fingerprint density at radius 2 is 1.81 bits per heavy atom. The van der Waals surface area contributed by atoms with Crippen molar-refractivity contribution in [3.8, 4) is 0 Å². The van der Waals surface area contributed by atoms with Gasteiger partial charge in [0.1, 0.15) is 0 Å². The summed E-state index contributed by atoms with van der Waals surface area (Å²) in [6, 6.07) is 0. The largest absolute Gasteiger partial charge is 0.401 e. The molecule has 0 heterocycles. The summed E-state index contributed by atoms with van der Waals surface area (Å²) >= 11 is 0. The molecule has 1 aliphatic carbocycles. The summed E-state index contributed by atoms with van der Waals surface area (Å²) in [5.74, 6) is 1.10. The van der Waals surface area contributed by atoms with Crippen molar-refractivity contribution in [1.82, 2.24) is 5.32 Å². The van der Waals surface area contributed by atoms with E-state index in [1.165, 1.54) is 32.1 Å². The van der Waals surface area contributed by atoms with Crippen LogP contribution >= 0.6 is 0 Å². The number of alkyl halides is 3. The van der Waals surface area contributed by atoms with Gasteiger partial charge in [0.15, 0.2) is 0 Å². The molecule has 1 saturated carbocycles. The minimum Gasteiger partial charge on any atom is -0.308 e. The average molecular weight is 237 g/mol. The van der Waals surface area contributed by atoms with E-state index in [9.17, 15) is 13.2 Å². The Kier molecular flexibility index (Phi) is 5.59. The van der Waals surface area contributed by atoms with Crippen LogP contribution in [0.3, 0.4) is 0 Å². The van der Waals surface area contributed by atoms with Crippen LogP contribution in [0.4, 0.5) is 13.2 Å². The second-order valence-electron chi connectivity index (χ2n) is 5.09. The zero-order chi connectivity index (χ0) is 12.0. The smallest absolute Gasteiger partial charge is 0.308 e. The van der Waals surface area contributed by atoms with Crippen molar-refractivity contribution >= 4 is 0 Å². The fourth-order valence-electron chi connectivity index (χ4n) is 2.54. The number of rotatable bonds is 5. The quantitative estimate of drug-likeness (QED) is 0.768. The summed E-state index contributed by atoms with van der Waals surface area (Å²) in [5, 5.41) is 2.49. The van der Waals surface area contributed by atoms with Gasteiger partial charge in [0.2, 0.25) is 0 Å². The Hall–Kier alpha value is -0.250. The Morgan fingerprint density at radius 1 is 1.19 bits per heavy atom. The minimum absolute atomic E-state index is 0.352. The van der Waals surface area contributed by atoms with Crippen LogP contribution in [0.25, 0.3) is 0 Å². The van der Waals surface area contributed by atoms with Crippen LogP contribution in [0.2, 0.25) is 0 Å². The van der Waals surface area contributed by atoms with Gasteiger partial charge in [-0.25, -0.2) is 0 Å². The Bertz CT molecular complexity index is 185. The third-order valence-electron chi connectivity index (χ3n) is 3.28. The fourth-order valence-corrected chi connectivity index (χ4v) is 2.54. The summed E-state index contributed by atoms with van der Waals surface area (Å²) < 4.78 is 35.7. The van der Waals surface area contributed by atoms with Gasteiger partial charge >= 0.3 is 6.18 Å². The van der Waals surface area contributed by atoms with Gasteiger partial charge < -0.3 is 5.32 Å². The third-order valence-corrected chi connectivity index (χ3v) is 3.28. The monoisotopic (exact) mass is 237 g/mol. The van der Waals surface area contributed by atoms with E-state index in [4.69, 9.17) is 0 Å². The molecule has 0 spiro atoms. The first kappa shape index (κ1) is 13.8. The van der Waals surface area contributed by atoms with Crippen molar-refractivity contribution in [2.24, 2.45) is 11.8 Å². The standard InChI is InChI=1S/C12H22F3N/c1-10(8-16-9-12(13,14)15)7-11-5-3-2-4-6-11/h10-11,16H,2-9H2,1H3. The number of hydrogen-bond acceptors (Lipinski definition) is 1. The molecule has 1 atom stereocenters. The SMILES string of the molecule is CC(CNCC(F)(F)F)CC1CCCCC1. The molecule has 0 radical (unpaired) electrons. The van der Waals surface area contributed by atoms with E-state index < -0.39 is 12.7 Å². The summed E-state index contributed by atoms with van der Waals surface area (Å²) in [5.41, 5.74) is 0. The molecule has 1 fully saturated rings. The van der Waals surface area contributed by atoms with Crippen LogP contribution in [0.5, 0.6) is 0 Å². The van der Waals surface area contributed by atoms with E-state index in [0.29, 0.717) is 12.5 Å².